The van der Waals surface area contributed by atoms with Crippen molar-refractivity contribution in [3.8, 4) is 0 Å². The molecule has 0 unspecified atom stereocenters. The molecule has 0 aliphatic heterocycles. The van der Waals surface area contributed by atoms with Gasteiger partial charge in [-0.2, -0.15) is 0 Å². The second kappa shape index (κ2) is 5.16. The van der Waals surface area contributed by atoms with E-state index in [1.807, 2.05) is 13.8 Å². The summed E-state index contributed by atoms with van der Waals surface area (Å²) in [6, 6.07) is 1.53. The van der Waals surface area contributed by atoms with Crippen LogP contribution in [0.1, 0.15) is 37.2 Å². The van der Waals surface area contributed by atoms with Crippen LogP contribution >= 0.6 is 11.6 Å². The fourth-order valence-corrected chi connectivity index (χ4v) is 1.73. The van der Waals surface area contributed by atoms with E-state index >= 15 is 0 Å². The summed E-state index contributed by atoms with van der Waals surface area (Å²) in [5.74, 6) is 0.150. The molecular weight excluding hydrogens is 216 g/mol. The van der Waals surface area contributed by atoms with Gasteiger partial charge in [0.25, 0.3) is 5.91 Å². The normalized spacial score (nSPS) is 11.4. The largest absolute Gasteiger partial charge is 0.364 e. The molecule has 1 aromatic rings. The number of aromatic nitrogens is 1. The average Bonchev–Trinajstić information content (AvgIpc) is 2.79. The molecule has 0 radical (unpaired) electrons. The second-order valence-corrected chi connectivity index (χ2v) is 3.73. The Morgan fingerprint density at radius 2 is 2.27 bits per heavy atom. The highest BCUT2D eigenvalue weighted by atomic mass is 35.5. The average molecular weight is 231 g/mol. The van der Waals surface area contributed by atoms with E-state index in [1.54, 1.807) is 0 Å². The van der Waals surface area contributed by atoms with E-state index in [0.29, 0.717) is 5.88 Å². The van der Waals surface area contributed by atoms with Crippen LogP contribution in [0.5, 0.6) is 0 Å². The maximum Gasteiger partial charge on any atom is 0.273 e. The molecule has 0 aliphatic rings. The first-order valence-corrected chi connectivity index (χ1v) is 5.49. The predicted molar refractivity (Wildman–Crippen MR) is 58.0 cm³/mol. The number of carbonyl (C=O) groups is 1. The molecular formula is C10H15ClN2O2. The lowest BCUT2D eigenvalue weighted by atomic mass is 9.95. The lowest BCUT2D eigenvalue weighted by Crippen LogP contribution is -2.49. The molecule has 0 bridgehead atoms. The van der Waals surface area contributed by atoms with Crippen LogP contribution in [0.2, 0.25) is 0 Å². The molecule has 0 saturated heterocycles. The van der Waals surface area contributed by atoms with Crippen LogP contribution in [-0.4, -0.2) is 22.5 Å². The monoisotopic (exact) mass is 230 g/mol. The van der Waals surface area contributed by atoms with Gasteiger partial charge in [-0.1, -0.05) is 19.0 Å². The summed E-state index contributed by atoms with van der Waals surface area (Å²) in [7, 11) is 0. The van der Waals surface area contributed by atoms with Gasteiger partial charge in [0.15, 0.2) is 5.69 Å². The Bertz CT molecular complexity index is 299. The summed E-state index contributed by atoms with van der Waals surface area (Å²) in [5, 5.41) is 6.46. The fourth-order valence-electron chi connectivity index (χ4n) is 1.28. The topological polar surface area (TPSA) is 55.1 Å². The van der Waals surface area contributed by atoms with Gasteiger partial charge in [-0.25, -0.2) is 0 Å². The van der Waals surface area contributed by atoms with Crippen molar-refractivity contribution in [2.45, 2.75) is 32.2 Å². The van der Waals surface area contributed by atoms with Gasteiger partial charge in [-0.15, -0.1) is 11.6 Å². The molecule has 0 spiro atoms. The van der Waals surface area contributed by atoms with Crippen molar-refractivity contribution in [1.82, 2.24) is 10.5 Å². The summed E-state index contributed by atoms with van der Waals surface area (Å²) in [6.45, 7) is 3.99. The predicted octanol–water partition coefficient (Wildman–Crippen LogP) is 2.20. The van der Waals surface area contributed by atoms with Crippen LogP contribution in [0.3, 0.4) is 0 Å². The third-order valence-corrected chi connectivity index (χ3v) is 3.17. The summed E-state index contributed by atoms with van der Waals surface area (Å²) in [4.78, 5) is 11.7. The number of carbonyl (C=O) groups excluding carboxylic acids is 1. The zero-order valence-electron chi connectivity index (χ0n) is 8.92. The Morgan fingerprint density at radius 3 is 2.67 bits per heavy atom. The molecule has 0 saturated carbocycles. The van der Waals surface area contributed by atoms with Crippen molar-refractivity contribution in [3.05, 3.63) is 18.0 Å². The first-order valence-electron chi connectivity index (χ1n) is 4.96. The van der Waals surface area contributed by atoms with E-state index in [0.717, 1.165) is 12.8 Å². The SMILES string of the molecule is CCC(CC)(CCl)NC(=O)c1ccon1. The standard InChI is InChI=1S/C10H15ClN2O2/c1-3-10(4-2,7-11)12-9(14)8-5-6-15-13-8/h5-6H,3-4,7H2,1-2H3,(H,12,14). The second-order valence-electron chi connectivity index (χ2n) is 3.46. The number of nitrogens with one attached hydrogen (secondary N) is 1. The van der Waals surface area contributed by atoms with Crippen LogP contribution in [0, 0.1) is 0 Å². The molecule has 1 rings (SSSR count). The molecule has 84 valence electrons. The highest BCUT2D eigenvalue weighted by Gasteiger charge is 2.28. The van der Waals surface area contributed by atoms with Gasteiger partial charge in [-0.05, 0) is 12.8 Å². The maximum atomic E-state index is 11.7. The zero-order valence-corrected chi connectivity index (χ0v) is 9.67. The van der Waals surface area contributed by atoms with E-state index in [-0.39, 0.29) is 17.1 Å². The highest BCUT2D eigenvalue weighted by Crippen LogP contribution is 2.17. The molecule has 1 amide bonds. The number of alkyl halides is 1. The van der Waals surface area contributed by atoms with Gasteiger partial charge in [0.2, 0.25) is 0 Å². The summed E-state index contributed by atoms with van der Waals surface area (Å²) in [5.41, 5.74) is -0.0659. The van der Waals surface area contributed by atoms with Crippen molar-refractivity contribution in [2.75, 3.05) is 5.88 Å². The molecule has 1 N–H and O–H groups in total. The van der Waals surface area contributed by atoms with E-state index in [2.05, 4.69) is 15.0 Å². The number of nitrogens with zero attached hydrogens (tertiary/aromatic N) is 1. The van der Waals surface area contributed by atoms with Crippen molar-refractivity contribution in [3.63, 3.8) is 0 Å². The minimum Gasteiger partial charge on any atom is -0.364 e. The molecule has 0 aliphatic carbocycles. The van der Waals surface area contributed by atoms with E-state index < -0.39 is 0 Å². The Balaban J connectivity index is 2.71. The molecule has 4 nitrogen and oxygen atoms in total. The Labute approximate surface area is 94.0 Å². The number of hydrogen-bond donors (Lipinski definition) is 1. The molecule has 1 heterocycles. The van der Waals surface area contributed by atoms with Crippen LogP contribution in [0.25, 0.3) is 0 Å². The van der Waals surface area contributed by atoms with E-state index in [4.69, 9.17) is 11.6 Å². The Hall–Kier alpha value is -1.03. The maximum absolute atomic E-state index is 11.7. The number of hydrogen-bond acceptors (Lipinski definition) is 3. The lowest BCUT2D eigenvalue weighted by Gasteiger charge is -2.30. The third kappa shape index (κ3) is 2.72. The minimum atomic E-state index is -0.350. The first-order chi connectivity index (χ1) is 7.17. The number of amides is 1. The summed E-state index contributed by atoms with van der Waals surface area (Å²) >= 11 is 5.87. The molecule has 5 heteroatoms. The van der Waals surface area contributed by atoms with Crippen molar-refractivity contribution in [1.29, 1.82) is 0 Å². The smallest absolute Gasteiger partial charge is 0.273 e. The van der Waals surface area contributed by atoms with Gasteiger partial charge in [0, 0.05) is 11.9 Å². The van der Waals surface area contributed by atoms with Crippen molar-refractivity contribution in [2.24, 2.45) is 0 Å². The van der Waals surface area contributed by atoms with Gasteiger partial charge in [0.05, 0.1) is 5.54 Å². The molecule has 1 aromatic heterocycles. The highest BCUT2D eigenvalue weighted by molar-refractivity contribution is 6.18. The van der Waals surface area contributed by atoms with Gasteiger partial charge in [0.1, 0.15) is 6.26 Å². The summed E-state index contributed by atoms with van der Waals surface area (Å²) in [6.07, 6.45) is 2.95. The van der Waals surface area contributed by atoms with Crippen molar-refractivity contribution < 1.29 is 9.32 Å². The van der Waals surface area contributed by atoms with Crippen LogP contribution in [0.4, 0.5) is 0 Å². The minimum absolute atomic E-state index is 0.242. The third-order valence-electron chi connectivity index (χ3n) is 2.66. The molecule has 0 aromatic carbocycles. The first kappa shape index (κ1) is 12.0. The van der Waals surface area contributed by atoms with E-state index in [9.17, 15) is 4.79 Å². The quantitative estimate of drug-likeness (QED) is 0.789. The number of rotatable bonds is 5. The number of halogens is 1. The zero-order chi connectivity index (χ0) is 11.3. The van der Waals surface area contributed by atoms with E-state index in [1.165, 1.54) is 12.3 Å². The van der Waals surface area contributed by atoms with Gasteiger partial charge < -0.3 is 9.84 Å². The molecule has 0 atom stereocenters. The van der Waals surface area contributed by atoms with Gasteiger partial charge in [-0.3, -0.25) is 4.79 Å². The van der Waals surface area contributed by atoms with Crippen molar-refractivity contribution >= 4 is 17.5 Å². The van der Waals surface area contributed by atoms with Gasteiger partial charge >= 0.3 is 0 Å². The lowest BCUT2D eigenvalue weighted by molar-refractivity contribution is 0.0893. The summed E-state index contributed by atoms with van der Waals surface area (Å²) < 4.78 is 4.61. The van der Waals surface area contributed by atoms with Crippen LogP contribution in [0.15, 0.2) is 16.9 Å². The Kier molecular flexibility index (Phi) is 4.15. The molecule has 0 fully saturated rings. The Morgan fingerprint density at radius 1 is 1.60 bits per heavy atom. The van der Waals surface area contributed by atoms with Crippen LogP contribution in [-0.2, 0) is 0 Å². The van der Waals surface area contributed by atoms with Crippen LogP contribution < -0.4 is 5.32 Å². The fraction of sp³-hybridized carbons (Fsp3) is 0.600. The molecule has 15 heavy (non-hydrogen) atoms.